The van der Waals surface area contributed by atoms with Gasteiger partial charge in [-0.05, 0) is 11.6 Å². The molecule has 0 aliphatic rings. The maximum Gasteiger partial charge on any atom is 0.253 e. The Morgan fingerprint density at radius 3 is 2.16 bits per heavy atom. The molecule has 7 heteroatoms. The number of halogens is 5. The van der Waals surface area contributed by atoms with Crippen LogP contribution in [0.25, 0.3) is 0 Å². The summed E-state index contributed by atoms with van der Waals surface area (Å²) in [6.07, 6.45) is 0. The van der Waals surface area contributed by atoms with Gasteiger partial charge in [-0.1, -0.05) is 29.8 Å². The third kappa shape index (κ3) is 2.78. The third-order valence-electron chi connectivity index (χ3n) is 2.41. The Kier molecular flexibility index (Phi) is 3.90. The molecule has 0 amide bonds. The lowest BCUT2D eigenvalue weighted by atomic mass is 10.2. The van der Waals surface area contributed by atoms with Gasteiger partial charge in [0.25, 0.3) is 11.9 Å². The molecule has 0 bridgehead atoms. The van der Waals surface area contributed by atoms with Crippen LogP contribution in [0.15, 0.2) is 24.3 Å². The van der Waals surface area contributed by atoms with E-state index in [1.54, 1.807) is 24.3 Å². The minimum absolute atomic E-state index is 0.0869. The predicted molar refractivity (Wildman–Crippen MR) is 62.8 cm³/mol. The molecule has 0 saturated heterocycles. The summed E-state index contributed by atoms with van der Waals surface area (Å²) in [7, 11) is 0. The Morgan fingerprint density at radius 1 is 1.00 bits per heavy atom. The van der Waals surface area contributed by atoms with E-state index in [2.05, 4.69) is 10.3 Å². The van der Waals surface area contributed by atoms with Crippen molar-refractivity contribution in [1.82, 2.24) is 4.98 Å². The van der Waals surface area contributed by atoms with E-state index in [0.717, 1.165) is 0 Å². The van der Waals surface area contributed by atoms with E-state index in [1.807, 2.05) is 0 Å². The van der Waals surface area contributed by atoms with Crippen LogP contribution in [0, 0.1) is 23.5 Å². The molecule has 1 aromatic carbocycles. The van der Waals surface area contributed by atoms with Gasteiger partial charge in [-0.2, -0.15) is 22.5 Å². The maximum absolute atomic E-state index is 13.3. The van der Waals surface area contributed by atoms with Crippen molar-refractivity contribution in [3.05, 3.63) is 58.4 Å². The predicted octanol–water partition coefficient (Wildman–Crippen LogP) is 3.90. The van der Waals surface area contributed by atoms with Crippen LogP contribution in [-0.4, -0.2) is 4.98 Å². The van der Waals surface area contributed by atoms with Crippen LogP contribution >= 0.6 is 11.6 Å². The van der Waals surface area contributed by atoms with Crippen molar-refractivity contribution in [1.29, 1.82) is 0 Å². The molecule has 19 heavy (non-hydrogen) atoms. The molecular formula is C12H7ClF4N2. The zero-order chi connectivity index (χ0) is 14.0. The summed E-state index contributed by atoms with van der Waals surface area (Å²) in [6, 6.07) is 6.54. The van der Waals surface area contributed by atoms with E-state index in [-0.39, 0.29) is 6.54 Å². The second kappa shape index (κ2) is 5.44. The summed E-state index contributed by atoms with van der Waals surface area (Å²) in [5.41, 5.74) is -0.384. The molecule has 2 rings (SSSR count). The van der Waals surface area contributed by atoms with Crippen LogP contribution in [0.4, 0.5) is 23.2 Å². The number of nitrogens with zero attached hydrogens (tertiary/aromatic N) is 1. The number of rotatable bonds is 3. The van der Waals surface area contributed by atoms with Crippen LogP contribution in [0.5, 0.6) is 0 Å². The van der Waals surface area contributed by atoms with Crippen LogP contribution in [0.1, 0.15) is 5.56 Å². The monoisotopic (exact) mass is 290 g/mol. The molecule has 0 radical (unpaired) electrons. The first kappa shape index (κ1) is 13.6. The quantitative estimate of drug-likeness (QED) is 0.685. The first-order chi connectivity index (χ1) is 9.00. The Bertz CT molecular complexity index is 593. The van der Waals surface area contributed by atoms with Crippen molar-refractivity contribution >= 4 is 17.3 Å². The topological polar surface area (TPSA) is 24.9 Å². The fourth-order valence-corrected chi connectivity index (χ4v) is 1.67. The number of benzene rings is 1. The van der Waals surface area contributed by atoms with Crippen molar-refractivity contribution in [2.24, 2.45) is 0 Å². The largest absolute Gasteiger partial charge is 0.376 e. The molecule has 1 N–H and O–H groups in total. The highest BCUT2D eigenvalue weighted by Gasteiger charge is 2.20. The summed E-state index contributed by atoms with van der Waals surface area (Å²) in [5.74, 6) is -6.57. The molecule has 1 aromatic heterocycles. The molecule has 1 heterocycles. The molecule has 0 atom stereocenters. The molecule has 0 aliphatic heterocycles. The van der Waals surface area contributed by atoms with Gasteiger partial charge in [-0.25, -0.2) is 0 Å². The standard InChI is InChI=1S/C12H7ClF4N2/c13-7-4-2-1-3-6(7)5-18-10-8(14)11(16)19-12(17)9(10)15/h1-4H,5H2,(H,18,19). The van der Waals surface area contributed by atoms with E-state index < -0.39 is 29.2 Å². The summed E-state index contributed by atoms with van der Waals surface area (Å²) < 4.78 is 52.3. The van der Waals surface area contributed by atoms with Gasteiger partial charge >= 0.3 is 0 Å². The summed E-state index contributed by atoms with van der Waals surface area (Å²) in [6.45, 7) is -0.0869. The van der Waals surface area contributed by atoms with Gasteiger partial charge in [0.2, 0.25) is 11.6 Å². The smallest absolute Gasteiger partial charge is 0.253 e. The number of anilines is 1. The van der Waals surface area contributed by atoms with Crippen molar-refractivity contribution in [2.75, 3.05) is 5.32 Å². The van der Waals surface area contributed by atoms with E-state index >= 15 is 0 Å². The molecular weight excluding hydrogens is 284 g/mol. The average molecular weight is 291 g/mol. The highest BCUT2D eigenvalue weighted by atomic mass is 35.5. The highest BCUT2D eigenvalue weighted by Crippen LogP contribution is 2.23. The number of hydrogen-bond donors (Lipinski definition) is 1. The Labute approximate surface area is 111 Å². The number of hydrogen-bond acceptors (Lipinski definition) is 2. The maximum atomic E-state index is 13.3. The zero-order valence-electron chi connectivity index (χ0n) is 9.35. The minimum atomic E-state index is -1.71. The second-order valence-electron chi connectivity index (χ2n) is 3.64. The molecule has 2 aromatic rings. The number of pyridine rings is 1. The minimum Gasteiger partial charge on any atom is -0.376 e. The first-order valence-electron chi connectivity index (χ1n) is 5.18. The van der Waals surface area contributed by atoms with Crippen LogP contribution < -0.4 is 5.32 Å². The molecule has 100 valence electrons. The third-order valence-corrected chi connectivity index (χ3v) is 2.78. The molecule has 0 spiro atoms. The van der Waals surface area contributed by atoms with Crippen LogP contribution in [-0.2, 0) is 6.54 Å². The molecule has 0 fully saturated rings. The first-order valence-corrected chi connectivity index (χ1v) is 5.55. The van der Waals surface area contributed by atoms with Crippen molar-refractivity contribution in [2.45, 2.75) is 6.54 Å². The fourth-order valence-electron chi connectivity index (χ4n) is 1.47. The normalized spacial score (nSPS) is 10.6. The van der Waals surface area contributed by atoms with E-state index in [0.29, 0.717) is 10.6 Å². The fraction of sp³-hybridized carbons (Fsp3) is 0.0833. The van der Waals surface area contributed by atoms with E-state index in [4.69, 9.17) is 11.6 Å². The second-order valence-corrected chi connectivity index (χ2v) is 4.05. The zero-order valence-corrected chi connectivity index (χ0v) is 10.1. The molecule has 0 saturated carbocycles. The van der Waals surface area contributed by atoms with Gasteiger partial charge in [0.15, 0.2) is 0 Å². The molecule has 2 nitrogen and oxygen atoms in total. The van der Waals surface area contributed by atoms with Crippen LogP contribution in [0.3, 0.4) is 0 Å². The van der Waals surface area contributed by atoms with Gasteiger partial charge < -0.3 is 5.32 Å². The van der Waals surface area contributed by atoms with Gasteiger partial charge in [0.1, 0.15) is 5.69 Å². The van der Waals surface area contributed by atoms with Crippen molar-refractivity contribution in [3.8, 4) is 0 Å². The van der Waals surface area contributed by atoms with Crippen molar-refractivity contribution in [3.63, 3.8) is 0 Å². The molecule has 0 aliphatic carbocycles. The van der Waals surface area contributed by atoms with Crippen LogP contribution in [0.2, 0.25) is 5.02 Å². The lowest BCUT2D eigenvalue weighted by Gasteiger charge is -2.10. The van der Waals surface area contributed by atoms with Gasteiger partial charge in [-0.15, -0.1) is 0 Å². The lowest BCUT2D eigenvalue weighted by Crippen LogP contribution is -2.09. The lowest BCUT2D eigenvalue weighted by molar-refractivity contribution is 0.410. The summed E-state index contributed by atoms with van der Waals surface area (Å²) >= 11 is 5.84. The van der Waals surface area contributed by atoms with Gasteiger partial charge in [-0.3, -0.25) is 0 Å². The molecule has 0 unspecified atom stereocenters. The van der Waals surface area contributed by atoms with E-state index in [9.17, 15) is 17.6 Å². The van der Waals surface area contributed by atoms with E-state index in [1.165, 1.54) is 0 Å². The number of nitrogens with one attached hydrogen (secondary N) is 1. The van der Waals surface area contributed by atoms with Gasteiger partial charge in [0, 0.05) is 11.6 Å². The summed E-state index contributed by atoms with van der Waals surface area (Å²) in [5, 5.41) is 2.63. The Morgan fingerprint density at radius 2 is 1.58 bits per heavy atom. The number of aromatic nitrogens is 1. The Hall–Kier alpha value is -1.82. The average Bonchev–Trinajstić information content (AvgIpc) is 2.38. The Balaban J connectivity index is 2.28. The SMILES string of the molecule is Fc1nc(F)c(F)c(NCc2ccccc2Cl)c1F. The summed E-state index contributed by atoms with van der Waals surface area (Å²) in [4.78, 5) is 2.46. The van der Waals surface area contributed by atoms with Crippen molar-refractivity contribution < 1.29 is 17.6 Å². The highest BCUT2D eigenvalue weighted by molar-refractivity contribution is 6.31. The van der Waals surface area contributed by atoms with Gasteiger partial charge in [0.05, 0.1) is 0 Å².